The molecule has 1 aromatic heterocycles. The van der Waals surface area contributed by atoms with E-state index in [0.717, 1.165) is 29.3 Å². The molecule has 0 saturated carbocycles. The van der Waals surface area contributed by atoms with Crippen molar-refractivity contribution in [2.45, 2.75) is 38.6 Å². The SMILES string of the molecule is CCC1CCCCN1c1ncc(C=O)s1. The second kappa shape index (κ2) is 4.75. The van der Waals surface area contributed by atoms with Gasteiger partial charge in [-0.2, -0.15) is 0 Å². The Kier molecular flexibility index (Phi) is 3.36. The third-order valence-electron chi connectivity index (χ3n) is 2.97. The normalized spacial score (nSPS) is 21.7. The van der Waals surface area contributed by atoms with Crippen LogP contribution in [0.3, 0.4) is 0 Å². The quantitative estimate of drug-likeness (QED) is 0.740. The van der Waals surface area contributed by atoms with Gasteiger partial charge in [0, 0.05) is 12.6 Å². The highest BCUT2D eigenvalue weighted by Crippen LogP contribution is 2.29. The minimum absolute atomic E-state index is 0.615. The van der Waals surface area contributed by atoms with Gasteiger partial charge in [-0.3, -0.25) is 4.79 Å². The molecule has 1 atom stereocenters. The number of nitrogens with zero attached hydrogens (tertiary/aromatic N) is 2. The molecule has 0 radical (unpaired) electrons. The highest BCUT2D eigenvalue weighted by molar-refractivity contribution is 7.17. The largest absolute Gasteiger partial charge is 0.345 e. The van der Waals surface area contributed by atoms with E-state index in [1.807, 2.05) is 0 Å². The average Bonchev–Trinajstić information content (AvgIpc) is 2.77. The summed E-state index contributed by atoms with van der Waals surface area (Å²) >= 11 is 1.51. The van der Waals surface area contributed by atoms with Gasteiger partial charge >= 0.3 is 0 Å². The number of piperidine rings is 1. The Morgan fingerprint density at radius 3 is 3.20 bits per heavy atom. The molecule has 1 unspecified atom stereocenters. The van der Waals surface area contributed by atoms with Gasteiger partial charge in [0.2, 0.25) is 0 Å². The fourth-order valence-corrected chi connectivity index (χ4v) is 2.97. The van der Waals surface area contributed by atoms with E-state index in [9.17, 15) is 4.79 Å². The van der Waals surface area contributed by atoms with Crippen molar-refractivity contribution in [1.29, 1.82) is 0 Å². The highest BCUT2D eigenvalue weighted by atomic mass is 32.1. The summed E-state index contributed by atoms with van der Waals surface area (Å²) in [6.07, 6.45) is 7.54. The van der Waals surface area contributed by atoms with Crippen molar-refractivity contribution in [1.82, 2.24) is 4.98 Å². The molecule has 1 saturated heterocycles. The van der Waals surface area contributed by atoms with Crippen LogP contribution in [0.15, 0.2) is 6.20 Å². The molecule has 0 aliphatic carbocycles. The lowest BCUT2D eigenvalue weighted by Crippen LogP contribution is -2.38. The van der Waals surface area contributed by atoms with Crippen molar-refractivity contribution in [3.8, 4) is 0 Å². The maximum absolute atomic E-state index is 10.6. The Bertz CT molecular complexity index is 337. The van der Waals surface area contributed by atoms with E-state index in [1.54, 1.807) is 6.20 Å². The summed E-state index contributed by atoms with van der Waals surface area (Å²) in [6.45, 7) is 3.31. The first kappa shape index (κ1) is 10.6. The molecule has 0 amide bonds. The number of hydrogen-bond acceptors (Lipinski definition) is 4. The number of anilines is 1. The van der Waals surface area contributed by atoms with Crippen molar-refractivity contribution in [3.05, 3.63) is 11.1 Å². The molecule has 0 aromatic carbocycles. The highest BCUT2D eigenvalue weighted by Gasteiger charge is 2.23. The molecular weight excluding hydrogens is 208 g/mol. The first-order chi connectivity index (χ1) is 7.35. The molecule has 4 heteroatoms. The molecule has 0 bridgehead atoms. The van der Waals surface area contributed by atoms with Crippen LogP contribution < -0.4 is 4.90 Å². The first-order valence-electron chi connectivity index (χ1n) is 5.52. The molecular formula is C11H16N2OS. The van der Waals surface area contributed by atoms with E-state index in [4.69, 9.17) is 0 Å². The van der Waals surface area contributed by atoms with E-state index in [0.29, 0.717) is 6.04 Å². The molecule has 82 valence electrons. The zero-order valence-electron chi connectivity index (χ0n) is 8.98. The Labute approximate surface area is 94.1 Å². The fourth-order valence-electron chi connectivity index (χ4n) is 2.14. The van der Waals surface area contributed by atoms with Gasteiger partial charge in [-0.1, -0.05) is 18.3 Å². The van der Waals surface area contributed by atoms with Crippen LogP contribution in [0.25, 0.3) is 0 Å². The minimum atomic E-state index is 0.615. The summed E-state index contributed by atoms with van der Waals surface area (Å²) in [7, 11) is 0. The van der Waals surface area contributed by atoms with Crippen LogP contribution >= 0.6 is 11.3 Å². The van der Waals surface area contributed by atoms with Gasteiger partial charge in [-0.15, -0.1) is 0 Å². The number of aldehydes is 1. The summed E-state index contributed by atoms with van der Waals surface area (Å²) in [4.78, 5) is 18.0. The number of rotatable bonds is 3. The second-order valence-electron chi connectivity index (χ2n) is 3.91. The topological polar surface area (TPSA) is 33.2 Å². The summed E-state index contributed by atoms with van der Waals surface area (Å²) < 4.78 is 0. The standard InChI is InChI=1S/C11H16N2OS/c1-2-9-5-3-4-6-13(9)11-12-7-10(8-14)15-11/h7-9H,2-6H2,1H3. The van der Waals surface area contributed by atoms with Crippen molar-refractivity contribution >= 4 is 22.8 Å². The number of hydrogen-bond donors (Lipinski definition) is 0. The molecule has 1 aliphatic heterocycles. The van der Waals surface area contributed by atoms with Gasteiger partial charge in [0.05, 0.1) is 11.1 Å². The Morgan fingerprint density at radius 2 is 2.53 bits per heavy atom. The first-order valence-corrected chi connectivity index (χ1v) is 6.34. The summed E-state index contributed by atoms with van der Waals surface area (Å²) in [5.41, 5.74) is 0. The lowest BCUT2D eigenvalue weighted by molar-refractivity contribution is 0.112. The summed E-state index contributed by atoms with van der Waals surface area (Å²) in [5, 5.41) is 1.02. The summed E-state index contributed by atoms with van der Waals surface area (Å²) in [5.74, 6) is 0. The zero-order valence-corrected chi connectivity index (χ0v) is 9.80. The van der Waals surface area contributed by atoms with Crippen LogP contribution in [0.5, 0.6) is 0 Å². The second-order valence-corrected chi connectivity index (χ2v) is 4.95. The van der Waals surface area contributed by atoms with Crippen LogP contribution in [-0.2, 0) is 0 Å². The Morgan fingerprint density at radius 1 is 1.67 bits per heavy atom. The monoisotopic (exact) mass is 224 g/mol. The number of thiazole rings is 1. The van der Waals surface area contributed by atoms with E-state index in [2.05, 4.69) is 16.8 Å². The molecule has 3 nitrogen and oxygen atoms in total. The maximum Gasteiger partial charge on any atom is 0.186 e. The zero-order chi connectivity index (χ0) is 10.7. The van der Waals surface area contributed by atoms with Crippen LogP contribution in [0.1, 0.15) is 42.3 Å². The van der Waals surface area contributed by atoms with Crippen molar-refractivity contribution in [2.75, 3.05) is 11.4 Å². The Balaban J connectivity index is 2.16. The van der Waals surface area contributed by atoms with Crippen LogP contribution in [0, 0.1) is 0 Å². The van der Waals surface area contributed by atoms with Gasteiger partial charge < -0.3 is 4.90 Å². The van der Waals surface area contributed by atoms with Crippen molar-refractivity contribution in [3.63, 3.8) is 0 Å². The van der Waals surface area contributed by atoms with Gasteiger partial charge in [0.1, 0.15) is 0 Å². The smallest absolute Gasteiger partial charge is 0.186 e. The average molecular weight is 224 g/mol. The third kappa shape index (κ3) is 2.20. The summed E-state index contributed by atoms with van der Waals surface area (Å²) in [6, 6.07) is 0.615. The van der Waals surface area contributed by atoms with E-state index < -0.39 is 0 Å². The van der Waals surface area contributed by atoms with Crippen molar-refractivity contribution in [2.24, 2.45) is 0 Å². The lowest BCUT2D eigenvalue weighted by Gasteiger charge is -2.34. The predicted molar refractivity (Wildman–Crippen MR) is 62.8 cm³/mol. The van der Waals surface area contributed by atoms with Gasteiger partial charge in [0.15, 0.2) is 11.4 Å². The van der Waals surface area contributed by atoms with Gasteiger partial charge in [0.25, 0.3) is 0 Å². The fraction of sp³-hybridized carbons (Fsp3) is 0.636. The number of aromatic nitrogens is 1. The predicted octanol–water partition coefficient (Wildman–Crippen LogP) is 2.72. The number of carbonyl (C=O) groups excluding carboxylic acids is 1. The molecule has 1 fully saturated rings. The molecule has 0 spiro atoms. The van der Waals surface area contributed by atoms with Crippen LogP contribution in [0.4, 0.5) is 5.13 Å². The molecule has 1 aliphatic rings. The van der Waals surface area contributed by atoms with E-state index in [-0.39, 0.29) is 0 Å². The molecule has 2 rings (SSSR count). The molecule has 1 aromatic rings. The lowest BCUT2D eigenvalue weighted by atomic mass is 10.0. The third-order valence-corrected chi connectivity index (χ3v) is 3.93. The molecule has 0 N–H and O–H groups in total. The van der Waals surface area contributed by atoms with E-state index in [1.165, 1.54) is 30.6 Å². The minimum Gasteiger partial charge on any atom is -0.345 e. The Hall–Kier alpha value is -0.900. The van der Waals surface area contributed by atoms with E-state index >= 15 is 0 Å². The van der Waals surface area contributed by atoms with Crippen molar-refractivity contribution < 1.29 is 4.79 Å². The maximum atomic E-state index is 10.6. The van der Waals surface area contributed by atoms with Crippen LogP contribution in [0.2, 0.25) is 0 Å². The number of carbonyl (C=O) groups is 1. The van der Waals surface area contributed by atoms with Crippen LogP contribution in [-0.4, -0.2) is 23.9 Å². The molecule has 15 heavy (non-hydrogen) atoms. The molecule has 2 heterocycles. The van der Waals surface area contributed by atoms with Gasteiger partial charge in [-0.25, -0.2) is 4.98 Å². The van der Waals surface area contributed by atoms with Gasteiger partial charge in [-0.05, 0) is 25.7 Å².